The molecule has 2 aromatic heterocycles. The maximum absolute atomic E-state index is 12.4. The summed E-state index contributed by atoms with van der Waals surface area (Å²) >= 11 is 0. The standard InChI is InChI=1S/C19H26N6O/c1-5-13-10-25(19(26)23-8-12(2)3)11-16(13)24-17-14-6-7-21-18(14)22-9-15(17)20-4/h6-7,9,12-13,16H,5,8,10-11H2,1-3H3,(H,23,26)(H2,21,22,24)/t13-,16+/m1/s1. The van der Waals surface area contributed by atoms with Crippen LogP contribution in [0, 0.1) is 18.4 Å². The number of urea groups is 1. The summed E-state index contributed by atoms with van der Waals surface area (Å²) in [5, 5.41) is 7.45. The number of H-pyrrole nitrogens is 1. The number of rotatable bonds is 5. The summed E-state index contributed by atoms with van der Waals surface area (Å²) in [7, 11) is 0. The van der Waals surface area contributed by atoms with Crippen LogP contribution in [0.4, 0.5) is 16.2 Å². The van der Waals surface area contributed by atoms with Crippen LogP contribution >= 0.6 is 0 Å². The van der Waals surface area contributed by atoms with Gasteiger partial charge < -0.3 is 20.5 Å². The fraction of sp³-hybridized carbons (Fsp3) is 0.526. The van der Waals surface area contributed by atoms with Crippen molar-refractivity contribution in [3.63, 3.8) is 0 Å². The Morgan fingerprint density at radius 3 is 3.00 bits per heavy atom. The van der Waals surface area contributed by atoms with E-state index in [0.29, 0.717) is 30.6 Å². The minimum atomic E-state index is -0.00614. The highest BCUT2D eigenvalue weighted by Crippen LogP contribution is 2.34. The fourth-order valence-electron chi connectivity index (χ4n) is 3.44. The monoisotopic (exact) mass is 354 g/mol. The van der Waals surface area contributed by atoms with Gasteiger partial charge in [0.25, 0.3) is 0 Å². The average Bonchev–Trinajstić information content (AvgIpc) is 3.26. The average molecular weight is 354 g/mol. The van der Waals surface area contributed by atoms with Crippen LogP contribution in [0.1, 0.15) is 27.2 Å². The number of hydrogen-bond acceptors (Lipinski definition) is 3. The first kappa shape index (κ1) is 18.1. The highest BCUT2D eigenvalue weighted by Gasteiger charge is 2.34. The number of hydrogen-bond donors (Lipinski definition) is 3. The highest BCUT2D eigenvalue weighted by molar-refractivity contribution is 5.96. The Hall–Kier alpha value is -2.75. The van der Waals surface area contributed by atoms with Gasteiger partial charge in [0, 0.05) is 43.5 Å². The van der Waals surface area contributed by atoms with Gasteiger partial charge in [0.15, 0.2) is 0 Å². The van der Waals surface area contributed by atoms with Crippen LogP contribution in [0.5, 0.6) is 0 Å². The number of amides is 2. The molecule has 3 heterocycles. The molecule has 1 fully saturated rings. The minimum absolute atomic E-state index is 0.00614. The second-order valence-electron chi connectivity index (χ2n) is 7.27. The van der Waals surface area contributed by atoms with Crippen molar-refractivity contribution in [2.24, 2.45) is 11.8 Å². The van der Waals surface area contributed by atoms with E-state index in [0.717, 1.165) is 29.7 Å². The Kier molecular flexibility index (Phi) is 5.31. The predicted octanol–water partition coefficient (Wildman–Crippen LogP) is 3.60. The number of nitrogens with zero attached hydrogens (tertiary/aromatic N) is 3. The molecule has 2 atom stereocenters. The first-order valence-corrected chi connectivity index (χ1v) is 9.16. The molecular weight excluding hydrogens is 328 g/mol. The zero-order chi connectivity index (χ0) is 18.7. The molecule has 26 heavy (non-hydrogen) atoms. The summed E-state index contributed by atoms with van der Waals surface area (Å²) in [6.07, 6.45) is 4.39. The van der Waals surface area contributed by atoms with E-state index in [1.54, 1.807) is 6.20 Å². The number of aromatic nitrogens is 2. The van der Waals surface area contributed by atoms with E-state index < -0.39 is 0 Å². The van der Waals surface area contributed by atoms with E-state index in [9.17, 15) is 4.79 Å². The number of aromatic amines is 1. The zero-order valence-corrected chi connectivity index (χ0v) is 15.5. The van der Waals surface area contributed by atoms with E-state index in [2.05, 4.69) is 46.2 Å². The summed E-state index contributed by atoms with van der Waals surface area (Å²) in [6.45, 7) is 15.8. The van der Waals surface area contributed by atoms with Gasteiger partial charge in [0.2, 0.25) is 5.69 Å². The lowest BCUT2D eigenvalue weighted by molar-refractivity contribution is 0.205. The van der Waals surface area contributed by atoms with Gasteiger partial charge in [-0.25, -0.2) is 9.64 Å². The quantitative estimate of drug-likeness (QED) is 0.718. The van der Waals surface area contributed by atoms with Crippen molar-refractivity contribution in [1.29, 1.82) is 0 Å². The summed E-state index contributed by atoms with van der Waals surface area (Å²) in [6, 6.07) is 2.04. The molecule has 1 aliphatic heterocycles. The first-order chi connectivity index (χ1) is 12.5. The summed E-state index contributed by atoms with van der Waals surface area (Å²) in [5.41, 5.74) is 2.08. The summed E-state index contributed by atoms with van der Waals surface area (Å²) < 4.78 is 0. The molecule has 7 nitrogen and oxygen atoms in total. The molecule has 0 spiro atoms. The van der Waals surface area contributed by atoms with Crippen molar-refractivity contribution in [1.82, 2.24) is 20.2 Å². The Labute approximate surface area is 154 Å². The van der Waals surface area contributed by atoms with Gasteiger partial charge in [0.1, 0.15) is 5.65 Å². The van der Waals surface area contributed by atoms with Crippen molar-refractivity contribution >= 4 is 28.4 Å². The molecule has 0 saturated carbocycles. The van der Waals surface area contributed by atoms with E-state index >= 15 is 0 Å². The van der Waals surface area contributed by atoms with Crippen LogP contribution in [0.25, 0.3) is 15.9 Å². The van der Waals surface area contributed by atoms with Gasteiger partial charge in [-0.05, 0) is 24.3 Å². The second-order valence-corrected chi connectivity index (χ2v) is 7.27. The number of carbonyl (C=O) groups excluding carboxylic acids is 1. The Morgan fingerprint density at radius 2 is 2.31 bits per heavy atom. The number of anilines is 1. The van der Waals surface area contributed by atoms with Crippen molar-refractivity contribution in [3.8, 4) is 0 Å². The molecule has 0 unspecified atom stereocenters. The van der Waals surface area contributed by atoms with Gasteiger partial charge in [-0.15, -0.1) is 0 Å². The molecule has 3 rings (SSSR count). The number of carbonyl (C=O) groups is 1. The Bertz CT molecular complexity index is 821. The normalized spacial score (nSPS) is 19.7. The van der Waals surface area contributed by atoms with Crippen molar-refractivity contribution < 1.29 is 4.79 Å². The van der Waals surface area contributed by atoms with Gasteiger partial charge >= 0.3 is 6.03 Å². The fourth-order valence-corrected chi connectivity index (χ4v) is 3.44. The molecule has 2 amide bonds. The van der Waals surface area contributed by atoms with Crippen molar-refractivity contribution in [2.75, 3.05) is 25.0 Å². The third kappa shape index (κ3) is 3.59. The lowest BCUT2D eigenvalue weighted by Crippen LogP contribution is -2.41. The molecule has 1 saturated heterocycles. The molecule has 3 N–H and O–H groups in total. The van der Waals surface area contributed by atoms with Crippen LogP contribution < -0.4 is 10.6 Å². The van der Waals surface area contributed by atoms with Gasteiger partial charge in [-0.1, -0.05) is 20.8 Å². The van der Waals surface area contributed by atoms with E-state index in [1.165, 1.54) is 0 Å². The van der Waals surface area contributed by atoms with Crippen LogP contribution in [-0.4, -0.2) is 46.6 Å². The van der Waals surface area contributed by atoms with Gasteiger partial charge in [-0.3, -0.25) is 4.98 Å². The molecule has 0 bridgehead atoms. The number of fused-ring (bicyclic) bond motifs is 1. The topological polar surface area (TPSA) is 77.4 Å². The van der Waals surface area contributed by atoms with Gasteiger partial charge in [-0.2, -0.15) is 0 Å². The Morgan fingerprint density at radius 1 is 1.50 bits per heavy atom. The van der Waals surface area contributed by atoms with Crippen LogP contribution in [0.3, 0.4) is 0 Å². The third-order valence-electron chi connectivity index (χ3n) is 4.93. The van der Waals surface area contributed by atoms with Gasteiger partial charge in [0.05, 0.1) is 12.3 Å². The van der Waals surface area contributed by atoms with Crippen LogP contribution in [0.2, 0.25) is 0 Å². The zero-order valence-electron chi connectivity index (χ0n) is 15.5. The first-order valence-electron chi connectivity index (χ1n) is 9.16. The number of likely N-dealkylation sites (tertiary alicyclic amines) is 1. The molecular formula is C19H26N6O. The van der Waals surface area contributed by atoms with E-state index in [-0.39, 0.29) is 12.1 Å². The maximum atomic E-state index is 12.4. The van der Waals surface area contributed by atoms with Crippen molar-refractivity contribution in [3.05, 3.63) is 29.9 Å². The maximum Gasteiger partial charge on any atom is 0.317 e. The highest BCUT2D eigenvalue weighted by atomic mass is 16.2. The Balaban J connectivity index is 1.78. The number of nitrogens with one attached hydrogen (secondary N) is 3. The summed E-state index contributed by atoms with van der Waals surface area (Å²) in [5.74, 6) is 0.776. The molecule has 2 aromatic rings. The van der Waals surface area contributed by atoms with Crippen LogP contribution in [0.15, 0.2) is 18.5 Å². The van der Waals surface area contributed by atoms with Crippen LogP contribution in [-0.2, 0) is 0 Å². The molecule has 0 aliphatic carbocycles. The largest absolute Gasteiger partial charge is 0.388 e. The number of pyridine rings is 1. The second kappa shape index (κ2) is 7.65. The smallest absolute Gasteiger partial charge is 0.317 e. The molecule has 0 aromatic carbocycles. The SMILES string of the molecule is [C-]#[N+]c1cnc2[nH]ccc2c1N[C@H]1CN(C(=O)NCC(C)C)C[C@H]1CC. The lowest BCUT2D eigenvalue weighted by Gasteiger charge is -2.21. The molecule has 7 heteroatoms. The molecule has 0 radical (unpaired) electrons. The van der Waals surface area contributed by atoms with E-state index in [1.807, 2.05) is 17.2 Å². The molecule has 138 valence electrons. The third-order valence-corrected chi connectivity index (χ3v) is 4.93. The molecule has 1 aliphatic rings. The van der Waals surface area contributed by atoms with Crippen molar-refractivity contribution in [2.45, 2.75) is 33.2 Å². The minimum Gasteiger partial charge on any atom is -0.388 e. The van der Waals surface area contributed by atoms with E-state index in [4.69, 9.17) is 6.57 Å². The summed E-state index contributed by atoms with van der Waals surface area (Å²) in [4.78, 5) is 25.3. The predicted molar refractivity (Wildman–Crippen MR) is 103 cm³/mol. The lowest BCUT2D eigenvalue weighted by atomic mass is 10.0.